The standard InChI is InChI=1S/C17H24BNO2.C3H8/c1-6-10-19-11-9-13-7-8-14(12-15(13)19)18-20-16(2,3)17(4,5)21-18;1-3-2/h7-9,11-12H,6,10H2,1-5H3;3H2,1-2H3. The van der Waals surface area contributed by atoms with Crippen molar-refractivity contribution in [1.29, 1.82) is 0 Å². The number of hydrogen-bond acceptors (Lipinski definition) is 2. The quantitative estimate of drug-likeness (QED) is 0.758. The summed E-state index contributed by atoms with van der Waals surface area (Å²) in [5.74, 6) is 0. The summed E-state index contributed by atoms with van der Waals surface area (Å²) in [4.78, 5) is 0. The van der Waals surface area contributed by atoms with E-state index in [2.05, 4.69) is 83.5 Å². The normalized spacial score (nSPS) is 18.5. The van der Waals surface area contributed by atoms with Gasteiger partial charge in [0.2, 0.25) is 0 Å². The molecule has 0 spiro atoms. The molecule has 4 heteroatoms. The number of aryl methyl sites for hydroxylation is 1. The topological polar surface area (TPSA) is 23.4 Å². The van der Waals surface area contributed by atoms with E-state index < -0.39 is 0 Å². The van der Waals surface area contributed by atoms with Crippen molar-refractivity contribution in [2.24, 2.45) is 0 Å². The molecular formula is C20H32BNO2. The Kier molecular flexibility index (Phi) is 5.82. The summed E-state index contributed by atoms with van der Waals surface area (Å²) in [6, 6.07) is 8.63. The minimum Gasteiger partial charge on any atom is -0.399 e. The third-order valence-corrected chi connectivity index (χ3v) is 4.79. The maximum absolute atomic E-state index is 6.14. The zero-order valence-corrected chi connectivity index (χ0v) is 16.3. The first-order valence-electron chi connectivity index (χ1n) is 9.20. The van der Waals surface area contributed by atoms with Crippen molar-refractivity contribution in [3.63, 3.8) is 0 Å². The lowest BCUT2D eigenvalue weighted by molar-refractivity contribution is 0.00578. The van der Waals surface area contributed by atoms with Gasteiger partial charge in [0.15, 0.2) is 0 Å². The van der Waals surface area contributed by atoms with E-state index in [1.54, 1.807) is 0 Å². The summed E-state index contributed by atoms with van der Waals surface area (Å²) in [6.45, 7) is 15.8. The van der Waals surface area contributed by atoms with Crippen LogP contribution >= 0.6 is 0 Å². The fraction of sp³-hybridized carbons (Fsp3) is 0.600. The van der Waals surface area contributed by atoms with E-state index in [1.807, 2.05) is 0 Å². The van der Waals surface area contributed by atoms with Crippen LogP contribution in [0.1, 0.15) is 61.3 Å². The molecular weight excluding hydrogens is 297 g/mol. The number of aromatic nitrogens is 1. The van der Waals surface area contributed by atoms with Gasteiger partial charge in [0, 0.05) is 18.3 Å². The Hall–Kier alpha value is -1.26. The molecule has 0 bridgehead atoms. The number of benzene rings is 1. The molecule has 3 nitrogen and oxygen atoms in total. The largest absolute Gasteiger partial charge is 0.494 e. The molecule has 1 aromatic heterocycles. The van der Waals surface area contributed by atoms with Crippen LogP contribution in [0.5, 0.6) is 0 Å². The summed E-state index contributed by atoms with van der Waals surface area (Å²) >= 11 is 0. The highest BCUT2D eigenvalue weighted by Crippen LogP contribution is 2.36. The number of hydrogen-bond donors (Lipinski definition) is 0. The maximum Gasteiger partial charge on any atom is 0.494 e. The summed E-state index contributed by atoms with van der Waals surface area (Å²) in [6.07, 6.45) is 4.53. The first-order chi connectivity index (χ1) is 11.3. The first-order valence-corrected chi connectivity index (χ1v) is 9.20. The van der Waals surface area contributed by atoms with Crippen LogP contribution in [0.2, 0.25) is 0 Å². The van der Waals surface area contributed by atoms with Crippen molar-refractivity contribution < 1.29 is 9.31 Å². The van der Waals surface area contributed by atoms with E-state index in [-0.39, 0.29) is 18.3 Å². The fourth-order valence-electron chi connectivity index (χ4n) is 2.76. The molecule has 2 aromatic rings. The average molecular weight is 329 g/mol. The summed E-state index contributed by atoms with van der Waals surface area (Å²) < 4.78 is 14.6. The molecule has 1 saturated heterocycles. The Morgan fingerprint density at radius 3 is 2.08 bits per heavy atom. The van der Waals surface area contributed by atoms with Gasteiger partial charge in [-0.05, 0) is 57.1 Å². The van der Waals surface area contributed by atoms with Crippen LogP contribution in [0.3, 0.4) is 0 Å². The highest BCUT2D eigenvalue weighted by molar-refractivity contribution is 6.62. The third kappa shape index (κ3) is 3.70. The number of rotatable bonds is 3. The summed E-state index contributed by atoms with van der Waals surface area (Å²) in [5, 5.41) is 1.27. The molecule has 0 N–H and O–H groups in total. The predicted molar refractivity (Wildman–Crippen MR) is 104 cm³/mol. The molecule has 0 amide bonds. The van der Waals surface area contributed by atoms with Gasteiger partial charge in [-0.1, -0.05) is 39.3 Å². The van der Waals surface area contributed by atoms with E-state index in [4.69, 9.17) is 9.31 Å². The Bertz CT molecular complexity index is 659. The summed E-state index contributed by atoms with van der Waals surface area (Å²) in [5.41, 5.74) is 1.76. The molecule has 1 aliphatic rings. The van der Waals surface area contributed by atoms with Gasteiger partial charge >= 0.3 is 7.12 Å². The Morgan fingerprint density at radius 2 is 1.54 bits per heavy atom. The van der Waals surface area contributed by atoms with Crippen molar-refractivity contribution in [2.75, 3.05) is 0 Å². The van der Waals surface area contributed by atoms with E-state index >= 15 is 0 Å². The highest BCUT2D eigenvalue weighted by Gasteiger charge is 2.51. The lowest BCUT2D eigenvalue weighted by atomic mass is 9.79. The monoisotopic (exact) mass is 329 g/mol. The van der Waals surface area contributed by atoms with Crippen LogP contribution in [0.4, 0.5) is 0 Å². The molecule has 24 heavy (non-hydrogen) atoms. The Morgan fingerprint density at radius 1 is 0.958 bits per heavy atom. The predicted octanol–water partition coefficient (Wildman–Crippen LogP) is 4.77. The smallest absolute Gasteiger partial charge is 0.399 e. The van der Waals surface area contributed by atoms with Gasteiger partial charge in [-0.25, -0.2) is 0 Å². The second-order valence-corrected chi connectivity index (χ2v) is 7.62. The van der Waals surface area contributed by atoms with E-state index in [9.17, 15) is 0 Å². The van der Waals surface area contributed by atoms with Crippen molar-refractivity contribution in [1.82, 2.24) is 4.57 Å². The van der Waals surface area contributed by atoms with Gasteiger partial charge in [-0.2, -0.15) is 0 Å². The van der Waals surface area contributed by atoms with Crippen LogP contribution in [-0.4, -0.2) is 22.9 Å². The van der Waals surface area contributed by atoms with E-state index in [1.165, 1.54) is 17.3 Å². The first kappa shape index (κ1) is 19.1. The van der Waals surface area contributed by atoms with Crippen LogP contribution in [-0.2, 0) is 15.9 Å². The molecule has 3 rings (SSSR count). The molecule has 2 heterocycles. The van der Waals surface area contributed by atoms with Crippen LogP contribution < -0.4 is 5.46 Å². The van der Waals surface area contributed by atoms with Crippen LogP contribution in [0, 0.1) is 0 Å². The fourth-order valence-corrected chi connectivity index (χ4v) is 2.76. The molecule has 0 unspecified atom stereocenters. The van der Waals surface area contributed by atoms with Gasteiger partial charge in [0.25, 0.3) is 0 Å². The van der Waals surface area contributed by atoms with Gasteiger partial charge in [0.05, 0.1) is 11.2 Å². The highest BCUT2D eigenvalue weighted by atomic mass is 16.7. The zero-order chi connectivity index (χ0) is 18.0. The van der Waals surface area contributed by atoms with Gasteiger partial charge in [-0.3, -0.25) is 0 Å². The molecule has 0 saturated carbocycles. The second-order valence-electron chi connectivity index (χ2n) is 7.62. The molecule has 0 aliphatic carbocycles. The lowest BCUT2D eigenvalue weighted by Gasteiger charge is -2.32. The summed E-state index contributed by atoms with van der Waals surface area (Å²) in [7, 11) is -0.288. The van der Waals surface area contributed by atoms with E-state index in [0.717, 1.165) is 18.4 Å². The minimum atomic E-state index is -0.294. The minimum absolute atomic E-state index is 0.288. The Labute approximate surface area is 147 Å². The van der Waals surface area contributed by atoms with Crippen molar-refractivity contribution in [2.45, 2.75) is 79.1 Å². The molecule has 1 aliphatic heterocycles. The SMILES string of the molecule is CCC.CCCn1ccc2ccc(B3OC(C)(C)C(C)(C)O3)cc21. The zero-order valence-electron chi connectivity index (χ0n) is 16.3. The van der Waals surface area contributed by atoms with Gasteiger partial charge in [-0.15, -0.1) is 0 Å². The van der Waals surface area contributed by atoms with Crippen LogP contribution in [0.15, 0.2) is 30.5 Å². The average Bonchev–Trinajstić information content (AvgIpc) is 2.98. The molecule has 132 valence electrons. The number of fused-ring (bicyclic) bond motifs is 1. The van der Waals surface area contributed by atoms with Crippen molar-refractivity contribution in [3.05, 3.63) is 30.5 Å². The molecule has 1 aromatic carbocycles. The lowest BCUT2D eigenvalue weighted by Crippen LogP contribution is -2.41. The maximum atomic E-state index is 6.14. The number of nitrogens with zero attached hydrogens (tertiary/aromatic N) is 1. The molecule has 0 radical (unpaired) electrons. The molecule has 1 fully saturated rings. The Balaban J connectivity index is 0.000000647. The van der Waals surface area contributed by atoms with Gasteiger partial charge < -0.3 is 13.9 Å². The third-order valence-electron chi connectivity index (χ3n) is 4.79. The van der Waals surface area contributed by atoms with Crippen molar-refractivity contribution in [3.8, 4) is 0 Å². The van der Waals surface area contributed by atoms with E-state index in [0.29, 0.717) is 0 Å². The van der Waals surface area contributed by atoms with Crippen molar-refractivity contribution >= 4 is 23.5 Å². The van der Waals surface area contributed by atoms with Gasteiger partial charge in [0.1, 0.15) is 0 Å². The molecule has 0 atom stereocenters. The second kappa shape index (κ2) is 7.32. The van der Waals surface area contributed by atoms with Crippen LogP contribution in [0.25, 0.3) is 10.9 Å².